The Hall–Kier alpha value is -0.960. The highest BCUT2D eigenvalue weighted by Gasteiger charge is 2.25. The predicted octanol–water partition coefficient (Wildman–Crippen LogP) is 2.36. The second-order valence-electron chi connectivity index (χ2n) is 4.56. The molecule has 2 rings (SSSR count). The Kier molecular flexibility index (Phi) is 4.72. The van der Waals surface area contributed by atoms with Crippen molar-refractivity contribution in [2.24, 2.45) is 7.05 Å². The summed E-state index contributed by atoms with van der Waals surface area (Å²) in [6.07, 6.45) is 0. The molecule has 1 aromatic heterocycles. The van der Waals surface area contributed by atoms with Gasteiger partial charge in [0.1, 0.15) is 16.5 Å². The molecule has 2 aromatic rings. The van der Waals surface area contributed by atoms with Gasteiger partial charge in [0.15, 0.2) is 0 Å². The summed E-state index contributed by atoms with van der Waals surface area (Å²) in [5.41, 5.74) is 0. The number of nitrogens with zero attached hydrogens (tertiary/aromatic N) is 4. The van der Waals surface area contributed by atoms with Crippen LogP contribution in [0.5, 0.6) is 0 Å². The van der Waals surface area contributed by atoms with Gasteiger partial charge in [-0.2, -0.15) is 4.31 Å². The first-order chi connectivity index (χ1) is 9.73. The van der Waals surface area contributed by atoms with Crippen molar-refractivity contribution in [3.05, 3.63) is 39.3 Å². The van der Waals surface area contributed by atoms with E-state index < -0.39 is 10.0 Å². The van der Waals surface area contributed by atoms with Crippen LogP contribution >= 0.6 is 27.5 Å². The minimum absolute atomic E-state index is 0.0637. The van der Waals surface area contributed by atoms with Gasteiger partial charge < -0.3 is 4.57 Å². The van der Waals surface area contributed by atoms with Crippen molar-refractivity contribution in [1.29, 1.82) is 0 Å². The van der Waals surface area contributed by atoms with E-state index in [2.05, 4.69) is 26.1 Å². The van der Waals surface area contributed by atoms with Crippen LogP contribution < -0.4 is 0 Å². The zero-order valence-corrected chi connectivity index (χ0v) is 14.9. The summed E-state index contributed by atoms with van der Waals surface area (Å²) >= 11 is 9.28. The Balaban J connectivity index is 2.33. The smallest absolute Gasteiger partial charge is 0.244 e. The fourth-order valence-electron chi connectivity index (χ4n) is 1.73. The van der Waals surface area contributed by atoms with Crippen molar-refractivity contribution in [2.75, 3.05) is 7.05 Å². The van der Waals surface area contributed by atoms with Gasteiger partial charge in [0.05, 0.1) is 11.6 Å². The fraction of sp³-hybridized carbons (Fsp3) is 0.333. The van der Waals surface area contributed by atoms with E-state index in [1.54, 1.807) is 30.7 Å². The predicted molar refractivity (Wildman–Crippen MR) is 83.5 cm³/mol. The summed E-state index contributed by atoms with van der Waals surface area (Å²) in [4.78, 5) is 0.0637. The number of rotatable bonds is 4. The molecule has 1 aromatic carbocycles. The van der Waals surface area contributed by atoms with Crippen LogP contribution in [0.2, 0.25) is 5.02 Å². The van der Waals surface area contributed by atoms with E-state index in [0.29, 0.717) is 5.82 Å². The highest BCUT2D eigenvalue weighted by Crippen LogP contribution is 2.27. The first kappa shape index (κ1) is 16.4. The standard InChI is InChI=1S/C12H14BrClN4O2S/c1-8-15-16-12(18(8)3)7-17(2)21(19,20)11-5-4-9(13)6-10(11)14/h4-6H,7H2,1-3H3. The Labute approximate surface area is 136 Å². The first-order valence-electron chi connectivity index (χ1n) is 5.99. The number of benzene rings is 1. The van der Waals surface area contributed by atoms with Gasteiger partial charge >= 0.3 is 0 Å². The van der Waals surface area contributed by atoms with Crippen LogP contribution in [-0.2, 0) is 23.6 Å². The summed E-state index contributed by atoms with van der Waals surface area (Å²) < 4.78 is 28.8. The Morgan fingerprint density at radius 1 is 1.38 bits per heavy atom. The maximum absolute atomic E-state index is 12.6. The van der Waals surface area contributed by atoms with E-state index in [9.17, 15) is 8.42 Å². The van der Waals surface area contributed by atoms with Crippen LogP contribution in [0.15, 0.2) is 27.6 Å². The summed E-state index contributed by atoms with van der Waals surface area (Å²) in [6.45, 7) is 1.92. The number of aryl methyl sites for hydroxylation is 1. The molecule has 0 atom stereocenters. The van der Waals surface area contributed by atoms with Gasteiger partial charge in [0.2, 0.25) is 10.0 Å². The van der Waals surface area contributed by atoms with Crippen LogP contribution in [0.25, 0.3) is 0 Å². The molecule has 0 N–H and O–H groups in total. The van der Waals surface area contributed by atoms with Crippen molar-refractivity contribution < 1.29 is 8.42 Å². The highest BCUT2D eigenvalue weighted by molar-refractivity contribution is 9.10. The largest absolute Gasteiger partial charge is 0.317 e. The van der Waals surface area contributed by atoms with Gasteiger partial charge in [-0.25, -0.2) is 8.42 Å². The van der Waals surface area contributed by atoms with Gasteiger partial charge in [-0.15, -0.1) is 10.2 Å². The summed E-state index contributed by atoms with van der Waals surface area (Å²) in [5.74, 6) is 1.28. The quantitative estimate of drug-likeness (QED) is 0.799. The van der Waals surface area contributed by atoms with Crippen molar-refractivity contribution >= 4 is 37.6 Å². The second-order valence-corrected chi connectivity index (χ2v) is 7.89. The van der Waals surface area contributed by atoms with Crippen LogP contribution in [0.4, 0.5) is 0 Å². The van der Waals surface area contributed by atoms with E-state index in [1.165, 1.54) is 17.4 Å². The molecule has 0 spiro atoms. The molecule has 21 heavy (non-hydrogen) atoms. The van der Waals surface area contributed by atoms with E-state index >= 15 is 0 Å². The van der Waals surface area contributed by atoms with Gasteiger partial charge in [-0.05, 0) is 25.1 Å². The van der Waals surface area contributed by atoms with Crippen LogP contribution in [-0.4, -0.2) is 34.5 Å². The lowest BCUT2D eigenvalue weighted by atomic mass is 10.4. The molecule has 0 unspecified atom stereocenters. The SMILES string of the molecule is Cc1nnc(CN(C)S(=O)(=O)c2ccc(Br)cc2Cl)n1C. The zero-order valence-electron chi connectivity index (χ0n) is 11.7. The monoisotopic (exact) mass is 392 g/mol. The van der Waals surface area contributed by atoms with Crippen LogP contribution in [0.3, 0.4) is 0 Å². The molecule has 0 amide bonds. The fourth-order valence-corrected chi connectivity index (χ4v) is 3.86. The lowest BCUT2D eigenvalue weighted by Gasteiger charge is -2.17. The number of hydrogen-bond acceptors (Lipinski definition) is 4. The summed E-state index contributed by atoms with van der Waals surface area (Å²) in [7, 11) is -0.419. The molecule has 0 aliphatic heterocycles. The molecular weight excluding hydrogens is 380 g/mol. The third-order valence-electron chi connectivity index (χ3n) is 3.13. The molecule has 0 saturated carbocycles. The van der Waals surface area contributed by atoms with Gasteiger partial charge in [-0.3, -0.25) is 0 Å². The van der Waals surface area contributed by atoms with E-state index in [0.717, 1.165) is 10.3 Å². The number of sulfonamides is 1. The molecule has 0 fully saturated rings. The average molecular weight is 394 g/mol. The molecule has 1 heterocycles. The van der Waals surface area contributed by atoms with Crippen molar-refractivity contribution in [2.45, 2.75) is 18.4 Å². The topological polar surface area (TPSA) is 68.1 Å². The minimum Gasteiger partial charge on any atom is -0.317 e. The van der Waals surface area contributed by atoms with Crippen molar-refractivity contribution in [1.82, 2.24) is 19.1 Å². The second kappa shape index (κ2) is 6.04. The van der Waals surface area contributed by atoms with Gasteiger partial charge in [0.25, 0.3) is 0 Å². The first-order valence-corrected chi connectivity index (χ1v) is 8.61. The van der Waals surface area contributed by atoms with Crippen LogP contribution in [0.1, 0.15) is 11.6 Å². The third-order valence-corrected chi connectivity index (χ3v) is 5.91. The molecule has 0 saturated heterocycles. The minimum atomic E-state index is -3.69. The number of halogens is 2. The zero-order chi connectivity index (χ0) is 15.8. The molecule has 6 nitrogen and oxygen atoms in total. The van der Waals surface area contributed by atoms with Crippen molar-refractivity contribution in [3.63, 3.8) is 0 Å². The van der Waals surface area contributed by atoms with E-state index in [1.807, 2.05) is 0 Å². The molecule has 0 radical (unpaired) electrons. The van der Waals surface area contributed by atoms with Crippen LogP contribution in [0, 0.1) is 6.92 Å². The molecule has 114 valence electrons. The molecule has 0 aliphatic carbocycles. The third kappa shape index (κ3) is 3.28. The van der Waals surface area contributed by atoms with Gasteiger partial charge in [0, 0.05) is 18.6 Å². The molecular formula is C12H14BrClN4O2S. The Morgan fingerprint density at radius 2 is 2.05 bits per heavy atom. The van der Waals surface area contributed by atoms with E-state index in [-0.39, 0.29) is 16.5 Å². The average Bonchev–Trinajstić information content (AvgIpc) is 2.70. The maximum Gasteiger partial charge on any atom is 0.244 e. The lowest BCUT2D eigenvalue weighted by Crippen LogP contribution is -2.28. The van der Waals surface area contributed by atoms with E-state index in [4.69, 9.17) is 11.6 Å². The highest BCUT2D eigenvalue weighted by atomic mass is 79.9. The normalized spacial score (nSPS) is 12.1. The lowest BCUT2D eigenvalue weighted by molar-refractivity contribution is 0.450. The maximum atomic E-state index is 12.6. The molecule has 0 aliphatic rings. The van der Waals surface area contributed by atoms with Crippen molar-refractivity contribution in [3.8, 4) is 0 Å². The summed E-state index contributed by atoms with van der Waals surface area (Å²) in [5, 5.41) is 8.05. The van der Waals surface area contributed by atoms with Gasteiger partial charge in [-0.1, -0.05) is 27.5 Å². The Morgan fingerprint density at radius 3 is 2.57 bits per heavy atom. The summed E-state index contributed by atoms with van der Waals surface area (Å²) in [6, 6.07) is 4.66. The number of hydrogen-bond donors (Lipinski definition) is 0. The molecule has 9 heteroatoms. The number of aromatic nitrogens is 3. The Bertz CT molecular complexity index is 776. The molecule has 0 bridgehead atoms.